The molecule has 0 saturated heterocycles. The van der Waals surface area contributed by atoms with E-state index in [0.717, 1.165) is 25.7 Å². The second-order valence-electron chi connectivity index (χ2n) is 4.56. The zero-order valence-corrected chi connectivity index (χ0v) is 11.6. The lowest BCUT2D eigenvalue weighted by atomic mass is 9.96. The number of nitrogens with one attached hydrogen (secondary N) is 2. The van der Waals surface area contributed by atoms with Crippen LogP contribution in [0, 0.1) is 5.82 Å². The minimum Gasteiger partial charge on any atom is -0.335 e. The average molecular weight is 315 g/mol. The molecule has 0 bridgehead atoms. The van der Waals surface area contributed by atoms with Gasteiger partial charge in [0.2, 0.25) is 0 Å². The maximum atomic E-state index is 13.5. The van der Waals surface area contributed by atoms with E-state index in [2.05, 4.69) is 26.6 Å². The highest BCUT2D eigenvalue weighted by atomic mass is 79.9. The number of carbonyl (C=O) groups excluding carboxylic acids is 1. The second kappa shape index (κ2) is 6.18. The highest BCUT2D eigenvalue weighted by molar-refractivity contribution is 9.10. The van der Waals surface area contributed by atoms with Crippen molar-refractivity contribution in [3.8, 4) is 0 Å². The number of rotatable bonds is 2. The van der Waals surface area contributed by atoms with Gasteiger partial charge >= 0.3 is 6.03 Å². The van der Waals surface area contributed by atoms with E-state index in [1.165, 1.54) is 12.5 Å². The Morgan fingerprint density at radius 2 is 2.00 bits per heavy atom. The summed E-state index contributed by atoms with van der Waals surface area (Å²) < 4.78 is 14.2. The number of halogens is 2. The number of carbonyl (C=O) groups is 1. The predicted octanol–water partition coefficient (Wildman–Crippen LogP) is 4.04. The Labute approximate surface area is 114 Å². The van der Waals surface area contributed by atoms with Crippen LogP contribution in [-0.4, -0.2) is 12.1 Å². The van der Waals surface area contributed by atoms with Crippen molar-refractivity contribution in [2.45, 2.75) is 38.1 Å². The summed E-state index contributed by atoms with van der Waals surface area (Å²) >= 11 is 3.17. The molecular formula is C13H16BrFN2O. The van der Waals surface area contributed by atoms with E-state index in [-0.39, 0.29) is 17.8 Å². The fourth-order valence-corrected chi connectivity index (χ4v) is 2.51. The summed E-state index contributed by atoms with van der Waals surface area (Å²) in [5, 5.41) is 5.42. The number of urea groups is 1. The van der Waals surface area contributed by atoms with Crippen LogP contribution in [0.1, 0.15) is 32.1 Å². The first kappa shape index (κ1) is 13.3. The standard InChI is InChI=1S/C13H16BrFN2O/c14-9-6-7-12(11(15)8-9)17-13(18)16-10-4-2-1-3-5-10/h6-8,10H,1-5H2,(H2,16,17,18). The van der Waals surface area contributed by atoms with Crippen LogP contribution in [0.2, 0.25) is 0 Å². The third-order valence-electron chi connectivity index (χ3n) is 3.12. The number of benzene rings is 1. The van der Waals surface area contributed by atoms with E-state index in [0.29, 0.717) is 4.47 Å². The minimum absolute atomic E-state index is 0.200. The average Bonchev–Trinajstić information content (AvgIpc) is 2.34. The normalized spacial score (nSPS) is 16.3. The van der Waals surface area contributed by atoms with Crippen molar-refractivity contribution in [1.29, 1.82) is 0 Å². The topological polar surface area (TPSA) is 41.1 Å². The first-order valence-electron chi connectivity index (χ1n) is 6.18. The molecule has 5 heteroatoms. The van der Waals surface area contributed by atoms with Crippen LogP contribution in [0.3, 0.4) is 0 Å². The van der Waals surface area contributed by atoms with Gasteiger partial charge in [0.1, 0.15) is 5.82 Å². The molecule has 0 heterocycles. The van der Waals surface area contributed by atoms with Crippen LogP contribution >= 0.6 is 15.9 Å². The van der Waals surface area contributed by atoms with Crippen LogP contribution in [-0.2, 0) is 0 Å². The molecule has 0 spiro atoms. The molecule has 0 aromatic heterocycles. The fourth-order valence-electron chi connectivity index (χ4n) is 2.18. The quantitative estimate of drug-likeness (QED) is 0.849. The van der Waals surface area contributed by atoms with Gasteiger partial charge in [-0.15, -0.1) is 0 Å². The number of hydrogen-bond acceptors (Lipinski definition) is 1. The van der Waals surface area contributed by atoms with Crippen molar-refractivity contribution < 1.29 is 9.18 Å². The number of hydrogen-bond donors (Lipinski definition) is 2. The van der Waals surface area contributed by atoms with Gasteiger partial charge < -0.3 is 10.6 Å². The van der Waals surface area contributed by atoms with Crippen molar-refractivity contribution in [1.82, 2.24) is 5.32 Å². The molecule has 3 nitrogen and oxygen atoms in total. The minimum atomic E-state index is -0.442. The highest BCUT2D eigenvalue weighted by Gasteiger charge is 2.16. The van der Waals surface area contributed by atoms with Crippen molar-refractivity contribution in [3.05, 3.63) is 28.5 Å². The summed E-state index contributed by atoms with van der Waals surface area (Å²) in [6.45, 7) is 0. The Morgan fingerprint density at radius 1 is 1.28 bits per heavy atom. The van der Waals surface area contributed by atoms with Crippen LogP contribution in [0.5, 0.6) is 0 Å². The van der Waals surface area contributed by atoms with Gasteiger partial charge in [-0.2, -0.15) is 0 Å². The van der Waals surface area contributed by atoms with Crippen LogP contribution in [0.25, 0.3) is 0 Å². The van der Waals surface area contributed by atoms with Crippen LogP contribution in [0.4, 0.5) is 14.9 Å². The summed E-state index contributed by atoms with van der Waals surface area (Å²) in [6, 6.07) is 4.45. The van der Waals surface area contributed by atoms with E-state index in [1.54, 1.807) is 12.1 Å². The smallest absolute Gasteiger partial charge is 0.319 e. The molecule has 1 aromatic rings. The summed E-state index contributed by atoms with van der Waals surface area (Å²) in [5.41, 5.74) is 0.200. The molecular weight excluding hydrogens is 299 g/mol. The number of amides is 2. The lowest BCUT2D eigenvalue weighted by Crippen LogP contribution is -2.39. The lowest BCUT2D eigenvalue weighted by Gasteiger charge is -2.22. The van der Waals surface area contributed by atoms with E-state index in [1.807, 2.05) is 0 Å². The highest BCUT2D eigenvalue weighted by Crippen LogP contribution is 2.20. The van der Waals surface area contributed by atoms with Crippen molar-refractivity contribution in [2.24, 2.45) is 0 Å². The molecule has 98 valence electrons. The first-order chi connectivity index (χ1) is 8.65. The van der Waals surface area contributed by atoms with Gasteiger partial charge in [0.05, 0.1) is 5.69 Å². The molecule has 2 rings (SSSR count). The fraction of sp³-hybridized carbons (Fsp3) is 0.462. The summed E-state index contributed by atoms with van der Waals surface area (Å²) in [7, 11) is 0. The third kappa shape index (κ3) is 3.70. The van der Waals surface area contributed by atoms with Gasteiger partial charge in [0, 0.05) is 10.5 Å². The molecule has 1 saturated carbocycles. The zero-order valence-electron chi connectivity index (χ0n) is 10.0. The van der Waals surface area contributed by atoms with Gasteiger partial charge in [0.25, 0.3) is 0 Å². The van der Waals surface area contributed by atoms with Gasteiger partial charge in [-0.1, -0.05) is 35.2 Å². The molecule has 1 fully saturated rings. The van der Waals surface area contributed by atoms with Crippen molar-refractivity contribution in [3.63, 3.8) is 0 Å². The Balaban J connectivity index is 1.90. The maximum Gasteiger partial charge on any atom is 0.319 e. The molecule has 0 atom stereocenters. The molecule has 2 amide bonds. The first-order valence-corrected chi connectivity index (χ1v) is 6.97. The Bertz CT molecular complexity index is 433. The largest absolute Gasteiger partial charge is 0.335 e. The van der Waals surface area contributed by atoms with Gasteiger partial charge in [-0.25, -0.2) is 9.18 Å². The molecule has 0 unspecified atom stereocenters. The molecule has 1 aliphatic rings. The van der Waals surface area contributed by atoms with Crippen LogP contribution < -0.4 is 10.6 Å². The Kier molecular flexibility index (Phi) is 4.58. The summed E-state index contributed by atoms with van der Waals surface area (Å²) in [4.78, 5) is 11.7. The molecule has 0 radical (unpaired) electrons. The maximum absolute atomic E-state index is 13.5. The Hall–Kier alpha value is -1.10. The molecule has 1 aliphatic carbocycles. The zero-order chi connectivity index (χ0) is 13.0. The lowest BCUT2D eigenvalue weighted by molar-refractivity contribution is 0.244. The van der Waals surface area contributed by atoms with Crippen LogP contribution in [0.15, 0.2) is 22.7 Å². The van der Waals surface area contributed by atoms with Crippen molar-refractivity contribution in [2.75, 3.05) is 5.32 Å². The molecule has 1 aromatic carbocycles. The predicted molar refractivity (Wildman–Crippen MR) is 73.1 cm³/mol. The van der Waals surface area contributed by atoms with Gasteiger partial charge in [-0.3, -0.25) is 0 Å². The van der Waals surface area contributed by atoms with Crippen molar-refractivity contribution >= 4 is 27.6 Å². The monoisotopic (exact) mass is 314 g/mol. The summed E-state index contributed by atoms with van der Waals surface area (Å²) in [5.74, 6) is -0.442. The van der Waals surface area contributed by atoms with Gasteiger partial charge in [-0.05, 0) is 31.0 Å². The second-order valence-corrected chi connectivity index (χ2v) is 5.47. The van der Waals surface area contributed by atoms with E-state index in [4.69, 9.17) is 0 Å². The molecule has 0 aliphatic heterocycles. The summed E-state index contributed by atoms with van der Waals surface area (Å²) in [6.07, 6.45) is 5.56. The van der Waals surface area contributed by atoms with E-state index in [9.17, 15) is 9.18 Å². The SMILES string of the molecule is O=C(Nc1ccc(Br)cc1F)NC1CCCCC1. The molecule has 2 N–H and O–H groups in total. The third-order valence-corrected chi connectivity index (χ3v) is 3.61. The molecule has 18 heavy (non-hydrogen) atoms. The van der Waals surface area contributed by atoms with E-state index < -0.39 is 5.82 Å². The number of anilines is 1. The van der Waals surface area contributed by atoms with Gasteiger partial charge in [0.15, 0.2) is 0 Å². The van der Waals surface area contributed by atoms with E-state index >= 15 is 0 Å². The Morgan fingerprint density at radius 3 is 2.67 bits per heavy atom.